The number of furan rings is 1. The van der Waals surface area contributed by atoms with E-state index >= 15 is 0 Å². The van der Waals surface area contributed by atoms with Crippen LogP contribution in [-0.4, -0.2) is 66.3 Å². The van der Waals surface area contributed by atoms with E-state index in [4.69, 9.17) is 14.3 Å². The molecule has 2 fully saturated rings. The van der Waals surface area contributed by atoms with E-state index in [1.54, 1.807) is 4.31 Å². The van der Waals surface area contributed by atoms with Crippen molar-refractivity contribution in [1.82, 2.24) is 9.21 Å². The van der Waals surface area contributed by atoms with Gasteiger partial charge in [0.15, 0.2) is 0 Å². The van der Waals surface area contributed by atoms with Crippen LogP contribution in [0.1, 0.15) is 29.9 Å². The maximum Gasteiger partial charge on any atom is 0.490 e. The number of fused-ring (bicyclic) bond motifs is 1. The number of aliphatic carboxylic acids is 1. The largest absolute Gasteiger partial charge is 0.490 e. The first kappa shape index (κ1) is 21.7. The molecule has 1 aromatic heterocycles. The summed E-state index contributed by atoms with van der Waals surface area (Å²) in [5.41, 5.74) is 1.18. The zero-order chi connectivity index (χ0) is 20.6. The van der Waals surface area contributed by atoms with Crippen LogP contribution in [0.2, 0.25) is 0 Å². The van der Waals surface area contributed by atoms with Crippen LogP contribution in [0.5, 0.6) is 0 Å². The second kappa shape index (κ2) is 7.80. The lowest BCUT2D eigenvalue weighted by atomic mass is 10.1. The van der Waals surface area contributed by atoms with E-state index in [1.165, 1.54) is 11.8 Å². The van der Waals surface area contributed by atoms with Crippen LogP contribution in [0.15, 0.2) is 10.5 Å². The number of rotatable bonds is 3. The Labute approximate surface area is 155 Å². The summed E-state index contributed by atoms with van der Waals surface area (Å²) in [7, 11) is -3.07. The quantitative estimate of drug-likeness (QED) is 0.818. The minimum atomic E-state index is -5.08. The van der Waals surface area contributed by atoms with Crippen molar-refractivity contribution in [2.45, 2.75) is 51.5 Å². The summed E-state index contributed by atoms with van der Waals surface area (Å²) in [5, 5.41) is 7.12. The predicted octanol–water partition coefficient (Wildman–Crippen LogP) is 2.14. The van der Waals surface area contributed by atoms with Gasteiger partial charge >= 0.3 is 12.1 Å². The van der Waals surface area contributed by atoms with Gasteiger partial charge in [0.2, 0.25) is 10.0 Å². The minimum Gasteiger partial charge on any atom is -0.475 e. The van der Waals surface area contributed by atoms with Crippen molar-refractivity contribution in [2.75, 3.05) is 19.3 Å². The highest BCUT2D eigenvalue weighted by Crippen LogP contribution is 2.34. The fourth-order valence-corrected chi connectivity index (χ4v) is 4.75. The molecule has 3 rings (SSSR count). The number of carboxylic acids is 1. The van der Waals surface area contributed by atoms with Gasteiger partial charge in [-0.2, -0.15) is 17.5 Å². The summed E-state index contributed by atoms with van der Waals surface area (Å²) in [6, 6.07) is 2.59. The third-order valence-corrected chi connectivity index (χ3v) is 6.19. The van der Waals surface area contributed by atoms with Gasteiger partial charge in [-0.05, 0) is 38.3 Å². The van der Waals surface area contributed by atoms with E-state index in [0.717, 1.165) is 37.5 Å². The Morgan fingerprint density at radius 1 is 1.26 bits per heavy atom. The second-order valence-corrected chi connectivity index (χ2v) is 8.75. The van der Waals surface area contributed by atoms with Gasteiger partial charge in [-0.3, -0.25) is 4.90 Å². The summed E-state index contributed by atoms with van der Waals surface area (Å²) in [6.45, 7) is 6.41. The van der Waals surface area contributed by atoms with Crippen molar-refractivity contribution in [3.05, 3.63) is 23.2 Å². The lowest BCUT2D eigenvalue weighted by Gasteiger charge is -2.23. The fraction of sp³-hybridized carbons (Fsp3) is 0.688. The van der Waals surface area contributed by atoms with Crippen molar-refractivity contribution < 1.29 is 35.9 Å². The molecular formula is C16H23F3N2O5S. The smallest absolute Gasteiger partial charge is 0.475 e. The third kappa shape index (κ3) is 5.23. The van der Waals surface area contributed by atoms with E-state index in [0.29, 0.717) is 12.6 Å². The van der Waals surface area contributed by atoms with E-state index in [9.17, 15) is 21.6 Å². The number of halogens is 3. The van der Waals surface area contributed by atoms with Gasteiger partial charge in [0.05, 0.1) is 12.8 Å². The first-order valence-corrected chi connectivity index (χ1v) is 10.2. The SMILES string of the molecule is Cc1cc(CN2CC[C@H]3[C@H]2CCN3S(C)(=O)=O)oc1C.O=C(O)C(F)(F)F. The standard InChI is InChI=1S/C14H22N2O3S.C2HF3O2/c1-10-8-12(19-11(10)2)9-15-6-4-14-13(15)5-7-16(14)20(3,17)18;3-2(4,5)1(6)7/h8,13-14H,4-7,9H2,1-3H3;(H,6,7)/t13-,14+;/m1./s1. The summed E-state index contributed by atoms with van der Waals surface area (Å²) in [4.78, 5) is 11.3. The minimum absolute atomic E-state index is 0.155. The highest BCUT2D eigenvalue weighted by atomic mass is 32.2. The Morgan fingerprint density at radius 2 is 1.81 bits per heavy atom. The number of carbonyl (C=O) groups is 1. The van der Waals surface area contributed by atoms with E-state index in [1.807, 2.05) is 6.92 Å². The van der Waals surface area contributed by atoms with Crippen molar-refractivity contribution in [2.24, 2.45) is 0 Å². The average molecular weight is 412 g/mol. The number of alkyl halides is 3. The van der Waals surface area contributed by atoms with E-state index < -0.39 is 22.2 Å². The fourth-order valence-electron chi connectivity index (χ4n) is 3.57. The maximum atomic E-state index is 11.8. The van der Waals surface area contributed by atoms with Gasteiger partial charge in [-0.15, -0.1) is 0 Å². The Balaban J connectivity index is 0.000000321. The molecule has 0 radical (unpaired) electrons. The Kier molecular flexibility index (Phi) is 6.27. The van der Waals surface area contributed by atoms with Gasteiger partial charge in [-0.1, -0.05) is 0 Å². The molecule has 2 atom stereocenters. The molecule has 27 heavy (non-hydrogen) atoms. The number of aryl methyl sites for hydroxylation is 2. The lowest BCUT2D eigenvalue weighted by Crippen LogP contribution is -2.38. The molecule has 0 saturated carbocycles. The lowest BCUT2D eigenvalue weighted by molar-refractivity contribution is -0.192. The van der Waals surface area contributed by atoms with E-state index in [-0.39, 0.29) is 6.04 Å². The van der Waals surface area contributed by atoms with Crippen molar-refractivity contribution in [1.29, 1.82) is 0 Å². The predicted molar refractivity (Wildman–Crippen MR) is 90.6 cm³/mol. The molecule has 0 spiro atoms. The van der Waals surface area contributed by atoms with Crippen LogP contribution in [-0.2, 0) is 21.4 Å². The summed E-state index contributed by atoms with van der Waals surface area (Å²) >= 11 is 0. The second-order valence-electron chi connectivity index (χ2n) is 6.81. The van der Waals surface area contributed by atoms with Crippen LogP contribution >= 0.6 is 0 Å². The molecule has 0 amide bonds. The Bertz CT molecular complexity index is 771. The van der Waals surface area contributed by atoms with Crippen molar-refractivity contribution >= 4 is 16.0 Å². The maximum absolute atomic E-state index is 11.8. The molecule has 7 nitrogen and oxygen atoms in total. The van der Waals surface area contributed by atoms with Gasteiger partial charge < -0.3 is 9.52 Å². The van der Waals surface area contributed by atoms with Gasteiger partial charge in [0.25, 0.3) is 0 Å². The molecule has 0 aliphatic carbocycles. The molecule has 3 heterocycles. The molecule has 0 aromatic carbocycles. The highest BCUT2D eigenvalue weighted by Gasteiger charge is 2.45. The zero-order valence-electron chi connectivity index (χ0n) is 15.3. The molecule has 2 aliphatic heterocycles. The van der Waals surface area contributed by atoms with Gasteiger partial charge in [-0.25, -0.2) is 13.2 Å². The van der Waals surface area contributed by atoms with Crippen LogP contribution < -0.4 is 0 Å². The van der Waals surface area contributed by atoms with E-state index in [2.05, 4.69) is 17.9 Å². The zero-order valence-corrected chi connectivity index (χ0v) is 16.1. The number of carboxylic acid groups (broad SMARTS) is 1. The molecule has 2 aliphatic rings. The van der Waals surface area contributed by atoms with Crippen LogP contribution in [0.3, 0.4) is 0 Å². The van der Waals surface area contributed by atoms with Gasteiger partial charge in [0, 0.05) is 25.2 Å². The first-order valence-electron chi connectivity index (χ1n) is 8.37. The molecule has 1 N–H and O–H groups in total. The van der Waals surface area contributed by atoms with Crippen molar-refractivity contribution in [3.63, 3.8) is 0 Å². The average Bonchev–Trinajstić information content (AvgIpc) is 3.16. The van der Waals surface area contributed by atoms with Crippen LogP contribution in [0, 0.1) is 13.8 Å². The number of likely N-dealkylation sites (tertiary alicyclic amines) is 1. The summed E-state index contributed by atoms with van der Waals surface area (Å²) in [5.74, 6) is -0.800. The van der Waals surface area contributed by atoms with Gasteiger partial charge in [0.1, 0.15) is 11.5 Å². The first-order chi connectivity index (χ1) is 12.3. The topological polar surface area (TPSA) is 91.1 Å². The van der Waals surface area contributed by atoms with Crippen LogP contribution in [0.25, 0.3) is 0 Å². The summed E-state index contributed by atoms with van der Waals surface area (Å²) < 4.78 is 62.7. The monoisotopic (exact) mass is 412 g/mol. The molecule has 0 bridgehead atoms. The summed E-state index contributed by atoms with van der Waals surface area (Å²) in [6.07, 6.45) is -1.91. The molecule has 154 valence electrons. The Morgan fingerprint density at radius 3 is 2.26 bits per heavy atom. The molecule has 1 aromatic rings. The number of hydrogen-bond donors (Lipinski definition) is 1. The number of sulfonamides is 1. The molecule has 2 saturated heterocycles. The molecular weight excluding hydrogens is 389 g/mol. The Hall–Kier alpha value is -1.59. The van der Waals surface area contributed by atoms with Crippen LogP contribution in [0.4, 0.5) is 13.2 Å². The number of nitrogens with zero attached hydrogens (tertiary/aromatic N) is 2. The molecule has 0 unspecified atom stereocenters. The number of hydrogen-bond acceptors (Lipinski definition) is 5. The third-order valence-electron chi connectivity index (χ3n) is 4.88. The van der Waals surface area contributed by atoms with Crippen molar-refractivity contribution in [3.8, 4) is 0 Å². The normalized spacial score (nSPS) is 23.8. The highest BCUT2D eigenvalue weighted by molar-refractivity contribution is 7.88. The molecule has 11 heteroatoms.